The molecule has 0 bridgehead atoms. The number of carbonyl (C=O) groups is 1. The molecule has 1 fully saturated rings. The fraction of sp³-hybridized carbons (Fsp3) is 0.611. The van der Waals surface area contributed by atoms with Crippen molar-refractivity contribution >= 4 is 5.91 Å². The van der Waals surface area contributed by atoms with E-state index in [1.165, 1.54) is 6.42 Å². The number of furan rings is 1. The molecule has 0 saturated carbocycles. The van der Waals surface area contributed by atoms with Gasteiger partial charge in [-0.3, -0.25) is 4.79 Å². The molecule has 0 aromatic carbocycles. The Kier molecular flexibility index (Phi) is 5.33. The summed E-state index contributed by atoms with van der Waals surface area (Å²) in [5.41, 5.74) is 0. The van der Waals surface area contributed by atoms with Gasteiger partial charge < -0.3 is 13.8 Å². The van der Waals surface area contributed by atoms with Gasteiger partial charge in [0, 0.05) is 25.9 Å². The highest BCUT2D eigenvalue weighted by Crippen LogP contribution is 2.25. The van der Waals surface area contributed by atoms with E-state index in [0.717, 1.165) is 31.8 Å². The molecule has 1 aliphatic heterocycles. The molecule has 0 unspecified atom stereocenters. The Hall–Kier alpha value is -2.11. The van der Waals surface area contributed by atoms with Gasteiger partial charge in [-0.1, -0.05) is 19.0 Å². The Bertz CT molecular complexity index is 648. The standard InChI is InChI=1S/C18H25N3O3/c1-13(2)14-5-3-10-21(11-9-14)17(22)8-7-16-19-18(20-24-16)15-6-4-12-23-15/h4,6,12-14H,3,5,7-11H2,1-2H3/t14-/m1/s1. The number of carbonyl (C=O) groups excluding carboxylic acids is 1. The molecule has 130 valence electrons. The Morgan fingerprint density at radius 3 is 3.00 bits per heavy atom. The van der Waals surface area contributed by atoms with E-state index < -0.39 is 0 Å². The molecule has 1 atom stereocenters. The van der Waals surface area contributed by atoms with Crippen LogP contribution in [0.1, 0.15) is 45.4 Å². The third-order valence-electron chi connectivity index (χ3n) is 4.83. The molecule has 3 heterocycles. The van der Waals surface area contributed by atoms with E-state index in [-0.39, 0.29) is 5.91 Å². The van der Waals surface area contributed by atoms with Gasteiger partial charge in [-0.25, -0.2) is 0 Å². The Labute approximate surface area is 142 Å². The minimum absolute atomic E-state index is 0.178. The summed E-state index contributed by atoms with van der Waals surface area (Å²) in [5, 5.41) is 3.89. The topological polar surface area (TPSA) is 72.4 Å². The van der Waals surface area contributed by atoms with Gasteiger partial charge in [-0.15, -0.1) is 0 Å². The van der Waals surface area contributed by atoms with Crippen molar-refractivity contribution in [2.75, 3.05) is 13.1 Å². The number of nitrogens with zero attached hydrogens (tertiary/aromatic N) is 3. The molecule has 6 heteroatoms. The number of aryl methyl sites for hydroxylation is 1. The molecule has 24 heavy (non-hydrogen) atoms. The van der Waals surface area contributed by atoms with E-state index in [4.69, 9.17) is 8.94 Å². The Balaban J connectivity index is 1.50. The molecule has 0 spiro atoms. The zero-order valence-electron chi connectivity index (χ0n) is 14.4. The maximum absolute atomic E-state index is 12.5. The van der Waals surface area contributed by atoms with Crippen LogP contribution < -0.4 is 0 Å². The number of aromatic nitrogens is 2. The number of rotatable bonds is 5. The average Bonchev–Trinajstić information content (AvgIpc) is 3.19. The summed E-state index contributed by atoms with van der Waals surface area (Å²) in [6.45, 7) is 6.27. The Morgan fingerprint density at radius 2 is 2.25 bits per heavy atom. The lowest BCUT2D eigenvalue weighted by Gasteiger charge is -2.21. The van der Waals surface area contributed by atoms with Crippen LogP contribution in [0.4, 0.5) is 0 Å². The zero-order chi connectivity index (χ0) is 16.9. The van der Waals surface area contributed by atoms with Crippen LogP contribution in [0.25, 0.3) is 11.6 Å². The fourth-order valence-electron chi connectivity index (χ4n) is 3.27. The predicted octanol–water partition coefficient (Wildman–Crippen LogP) is 3.55. The highest BCUT2D eigenvalue weighted by atomic mass is 16.5. The second-order valence-corrected chi connectivity index (χ2v) is 6.80. The average molecular weight is 331 g/mol. The van der Waals surface area contributed by atoms with Crippen molar-refractivity contribution in [3.8, 4) is 11.6 Å². The maximum atomic E-state index is 12.5. The molecule has 1 aliphatic rings. The molecular weight excluding hydrogens is 306 g/mol. The molecule has 3 rings (SSSR count). The molecule has 2 aromatic rings. The number of hydrogen-bond acceptors (Lipinski definition) is 5. The van der Waals surface area contributed by atoms with Crippen molar-refractivity contribution in [1.29, 1.82) is 0 Å². The highest BCUT2D eigenvalue weighted by Gasteiger charge is 2.22. The fourth-order valence-corrected chi connectivity index (χ4v) is 3.27. The lowest BCUT2D eigenvalue weighted by atomic mass is 9.89. The minimum atomic E-state index is 0.178. The van der Waals surface area contributed by atoms with Crippen molar-refractivity contribution in [2.45, 2.75) is 46.0 Å². The van der Waals surface area contributed by atoms with E-state index in [1.54, 1.807) is 18.4 Å². The third-order valence-corrected chi connectivity index (χ3v) is 4.83. The van der Waals surface area contributed by atoms with Crippen LogP contribution in [0, 0.1) is 11.8 Å². The van der Waals surface area contributed by atoms with Gasteiger partial charge >= 0.3 is 0 Å². The van der Waals surface area contributed by atoms with Crippen LogP contribution in [0.2, 0.25) is 0 Å². The van der Waals surface area contributed by atoms with Crippen LogP contribution in [-0.4, -0.2) is 34.0 Å². The van der Waals surface area contributed by atoms with Crippen molar-refractivity contribution in [3.63, 3.8) is 0 Å². The molecule has 1 amide bonds. The monoisotopic (exact) mass is 331 g/mol. The summed E-state index contributed by atoms with van der Waals surface area (Å²) in [4.78, 5) is 18.7. The molecule has 1 saturated heterocycles. The van der Waals surface area contributed by atoms with Crippen LogP contribution >= 0.6 is 0 Å². The predicted molar refractivity (Wildman–Crippen MR) is 89.1 cm³/mol. The van der Waals surface area contributed by atoms with Crippen molar-refractivity contribution in [3.05, 3.63) is 24.3 Å². The largest absolute Gasteiger partial charge is 0.461 e. The summed E-state index contributed by atoms with van der Waals surface area (Å²) < 4.78 is 10.4. The first kappa shape index (κ1) is 16.7. The SMILES string of the molecule is CC(C)[C@@H]1CCCN(C(=O)CCc2nc(-c3ccco3)no2)CC1. The Morgan fingerprint density at radius 1 is 1.38 bits per heavy atom. The van der Waals surface area contributed by atoms with Gasteiger partial charge in [0.1, 0.15) is 0 Å². The van der Waals surface area contributed by atoms with Gasteiger partial charge in [-0.05, 0) is 43.2 Å². The maximum Gasteiger partial charge on any atom is 0.238 e. The van der Waals surface area contributed by atoms with Gasteiger partial charge in [0.05, 0.1) is 6.26 Å². The summed E-state index contributed by atoms with van der Waals surface area (Å²) >= 11 is 0. The highest BCUT2D eigenvalue weighted by molar-refractivity contribution is 5.76. The quantitative estimate of drug-likeness (QED) is 0.838. The van der Waals surface area contributed by atoms with E-state index in [9.17, 15) is 4.79 Å². The first-order valence-corrected chi connectivity index (χ1v) is 8.77. The molecule has 0 N–H and O–H groups in total. The molecule has 6 nitrogen and oxygen atoms in total. The summed E-state index contributed by atoms with van der Waals surface area (Å²) in [5.74, 6) is 3.08. The van der Waals surface area contributed by atoms with Gasteiger partial charge in [-0.2, -0.15) is 4.98 Å². The number of likely N-dealkylation sites (tertiary alicyclic amines) is 1. The molecule has 0 radical (unpaired) electrons. The molecular formula is C18H25N3O3. The number of amides is 1. The summed E-state index contributed by atoms with van der Waals surface area (Å²) in [7, 11) is 0. The molecule has 2 aromatic heterocycles. The van der Waals surface area contributed by atoms with E-state index in [1.807, 2.05) is 4.90 Å². The van der Waals surface area contributed by atoms with E-state index in [2.05, 4.69) is 24.0 Å². The van der Waals surface area contributed by atoms with Crippen LogP contribution in [0.15, 0.2) is 27.3 Å². The van der Waals surface area contributed by atoms with E-state index in [0.29, 0.717) is 36.2 Å². The normalized spacial score (nSPS) is 18.8. The zero-order valence-corrected chi connectivity index (χ0v) is 14.4. The van der Waals surface area contributed by atoms with E-state index >= 15 is 0 Å². The van der Waals surface area contributed by atoms with Gasteiger partial charge in [0.25, 0.3) is 0 Å². The first-order chi connectivity index (χ1) is 11.6. The lowest BCUT2D eigenvalue weighted by molar-refractivity contribution is -0.131. The number of hydrogen-bond donors (Lipinski definition) is 0. The minimum Gasteiger partial charge on any atom is -0.461 e. The van der Waals surface area contributed by atoms with Crippen LogP contribution in [0.5, 0.6) is 0 Å². The van der Waals surface area contributed by atoms with Crippen LogP contribution in [0.3, 0.4) is 0 Å². The van der Waals surface area contributed by atoms with Gasteiger partial charge in [0.15, 0.2) is 5.76 Å². The smallest absolute Gasteiger partial charge is 0.238 e. The second-order valence-electron chi connectivity index (χ2n) is 6.80. The summed E-state index contributed by atoms with van der Waals surface area (Å²) in [6, 6.07) is 3.56. The first-order valence-electron chi connectivity index (χ1n) is 8.77. The lowest BCUT2D eigenvalue weighted by Crippen LogP contribution is -2.32. The van der Waals surface area contributed by atoms with Crippen LogP contribution in [-0.2, 0) is 11.2 Å². The summed E-state index contributed by atoms with van der Waals surface area (Å²) in [6.07, 6.45) is 5.86. The second kappa shape index (κ2) is 7.64. The third kappa shape index (κ3) is 4.04. The van der Waals surface area contributed by atoms with Crippen molar-refractivity contribution < 1.29 is 13.7 Å². The van der Waals surface area contributed by atoms with Gasteiger partial charge in [0.2, 0.25) is 17.6 Å². The van der Waals surface area contributed by atoms with Crippen molar-refractivity contribution in [1.82, 2.24) is 15.0 Å². The molecule has 0 aliphatic carbocycles. The van der Waals surface area contributed by atoms with Crippen molar-refractivity contribution in [2.24, 2.45) is 11.8 Å².